The Balaban J connectivity index is 2.86. The summed E-state index contributed by atoms with van der Waals surface area (Å²) < 4.78 is 6.28. The van der Waals surface area contributed by atoms with Gasteiger partial charge in [-0.2, -0.15) is 0 Å². The van der Waals surface area contributed by atoms with Gasteiger partial charge in [0.25, 0.3) is 0 Å². The first-order valence-electron chi connectivity index (χ1n) is 7.72. The van der Waals surface area contributed by atoms with E-state index in [0.717, 1.165) is 6.61 Å². The molecule has 0 bridgehead atoms. The molecule has 0 heterocycles. The summed E-state index contributed by atoms with van der Waals surface area (Å²) in [5.74, 6) is 0.669. The van der Waals surface area contributed by atoms with Gasteiger partial charge in [-0.1, -0.05) is 34.1 Å². The van der Waals surface area contributed by atoms with Crippen LogP contribution in [-0.2, 0) is 4.74 Å². The quantitative estimate of drug-likeness (QED) is 0.774. The van der Waals surface area contributed by atoms with Crippen molar-refractivity contribution >= 4 is 0 Å². The molecule has 0 radical (unpaired) electrons. The minimum Gasteiger partial charge on any atom is -0.374 e. The maximum Gasteiger partial charge on any atom is 0.0837 e. The number of nitrogens with one attached hydrogen (secondary N) is 1. The SMILES string of the molecule is CCOC1(C(NC)C(C)CC)CCC(C)(C)CC1. The van der Waals surface area contributed by atoms with E-state index in [0.29, 0.717) is 17.4 Å². The molecular weight excluding hydrogens is 222 g/mol. The second kappa shape index (κ2) is 6.38. The van der Waals surface area contributed by atoms with Crippen LogP contribution in [0.5, 0.6) is 0 Å². The summed E-state index contributed by atoms with van der Waals surface area (Å²) in [7, 11) is 2.09. The zero-order valence-electron chi connectivity index (χ0n) is 13.3. The second-order valence-electron chi connectivity index (χ2n) is 6.81. The summed E-state index contributed by atoms with van der Waals surface area (Å²) in [5, 5.41) is 3.55. The first kappa shape index (κ1) is 16.0. The van der Waals surface area contributed by atoms with Crippen molar-refractivity contribution in [2.24, 2.45) is 11.3 Å². The lowest BCUT2D eigenvalue weighted by Crippen LogP contribution is -2.57. The van der Waals surface area contributed by atoms with Crippen molar-refractivity contribution in [2.45, 2.75) is 78.4 Å². The summed E-state index contributed by atoms with van der Waals surface area (Å²) in [4.78, 5) is 0. The molecule has 2 atom stereocenters. The van der Waals surface area contributed by atoms with Crippen molar-refractivity contribution in [3.8, 4) is 0 Å². The van der Waals surface area contributed by atoms with E-state index in [1.807, 2.05) is 0 Å². The van der Waals surface area contributed by atoms with E-state index in [4.69, 9.17) is 4.74 Å². The lowest BCUT2D eigenvalue weighted by atomic mass is 9.66. The molecule has 1 saturated carbocycles. The van der Waals surface area contributed by atoms with E-state index in [1.165, 1.54) is 32.1 Å². The molecule has 1 rings (SSSR count). The molecule has 2 nitrogen and oxygen atoms in total. The van der Waals surface area contributed by atoms with Crippen molar-refractivity contribution in [1.29, 1.82) is 0 Å². The molecule has 0 saturated heterocycles. The van der Waals surface area contributed by atoms with Crippen LogP contribution in [-0.4, -0.2) is 25.3 Å². The zero-order chi connectivity index (χ0) is 13.8. The summed E-state index contributed by atoms with van der Waals surface area (Å²) in [6, 6.07) is 0.485. The van der Waals surface area contributed by atoms with Crippen molar-refractivity contribution in [1.82, 2.24) is 5.32 Å². The molecule has 1 aliphatic carbocycles. The highest BCUT2D eigenvalue weighted by molar-refractivity contribution is 5.00. The van der Waals surface area contributed by atoms with Crippen molar-refractivity contribution in [3.05, 3.63) is 0 Å². The van der Waals surface area contributed by atoms with E-state index in [1.54, 1.807) is 0 Å². The predicted octanol–water partition coefficient (Wildman–Crippen LogP) is 4.00. The number of rotatable bonds is 6. The minimum atomic E-state index is 0.0639. The molecule has 2 unspecified atom stereocenters. The van der Waals surface area contributed by atoms with Crippen LogP contribution in [0.25, 0.3) is 0 Å². The maximum atomic E-state index is 6.28. The number of hydrogen-bond acceptors (Lipinski definition) is 2. The predicted molar refractivity (Wildman–Crippen MR) is 78.9 cm³/mol. The minimum absolute atomic E-state index is 0.0639. The van der Waals surface area contributed by atoms with E-state index in [9.17, 15) is 0 Å². The van der Waals surface area contributed by atoms with Crippen LogP contribution in [0.3, 0.4) is 0 Å². The Hall–Kier alpha value is -0.0800. The van der Waals surface area contributed by atoms with Gasteiger partial charge in [-0.05, 0) is 51.0 Å². The van der Waals surface area contributed by atoms with Crippen LogP contribution in [0.4, 0.5) is 0 Å². The number of likely N-dealkylation sites (N-methyl/N-ethyl adjacent to an activating group) is 1. The fourth-order valence-electron chi connectivity index (χ4n) is 3.48. The molecule has 0 spiro atoms. The molecule has 108 valence electrons. The van der Waals surface area contributed by atoms with Gasteiger partial charge in [0.1, 0.15) is 0 Å². The summed E-state index contributed by atoms with van der Waals surface area (Å²) in [6.45, 7) is 12.4. The first-order valence-corrected chi connectivity index (χ1v) is 7.72. The van der Waals surface area contributed by atoms with Crippen LogP contribution in [0.1, 0.15) is 66.7 Å². The monoisotopic (exact) mass is 255 g/mol. The fraction of sp³-hybridized carbons (Fsp3) is 1.00. The van der Waals surface area contributed by atoms with Gasteiger partial charge in [0, 0.05) is 12.6 Å². The third-order valence-electron chi connectivity index (χ3n) is 4.97. The van der Waals surface area contributed by atoms with Gasteiger partial charge in [0.2, 0.25) is 0 Å². The molecule has 0 aromatic heterocycles. The Morgan fingerprint density at radius 3 is 2.06 bits per heavy atom. The van der Waals surface area contributed by atoms with Gasteiger partial charge in [-0.15, -0.1) is 0 Å². The van der Waals surface area contributed by atoms with Crippen LogP contribution >= 0.6 is 0 Å². The third kappa shape index (κ3) is 3.48. The summed E-state index contributed by atoms with van der Waals surface area (Å²) in [6.07, 6.45) is 6.17. The largest absolute Gasteiger partial charge is 0.374 e. The first-order chi connectivity index (χ1) is 8.40. The van der Waals surface area contributed by atoms with Crippen LogP contribution in [0.15, 0.2) is 0 Å². The maximum absolute atomic E-state index is 6.28. The lowest BCUT2D eigenvalue weighted by molar-refractivity contribution is -0.115. The topological polar surface area (TPSA) is 21.3 Å². The van der Waals surface area contributed by atoms with Gasteiger partial charge in [-0.25, -0.2) is 0 Å². The van der Waals surface area contributed by atoms with Gasteiger partial charge in [0.05, 0.1) is 5.60 Å². The second-order valence-corrected chi connectivity index (χ2v) is 6.81. The third-order valence-corrected chi connectivity index (χ3v) is 4.97. The Morgan fingerprint density at radius 2 is 1.67 bits per heavy atom. The number of hydrogen-bond donors (Lipinski definition) is 1. The fourth-order valence-corrected chi connectivity index (χ4v) is 3.48. The van der Waals surface area contributed by atoms with E-state index in [2.05, 4.69) is 47.0 Å². The molecule has 18 heavy (non-hydrogen) atoms. The molecule has 1 N–H and O–H groups in total. The Labute approximate surface area is 114 Å². The molecule has 1 aliphatic rings. The normalized spacial score (nSPS) is 25.7. The molecule has 0 amide bonds. The van der Waals surface area contributed by atoms with Crippen LogP contribution < -0.4 is 5.32 Å². The van der Waals surface area contributed by atoms with Gasteiger partial charge in [-0.3, -0.25) is 0 Å². The van der Waals surface area contributed by atoms with Crippen molar-refractivity contribution in [3.63, 3.8) is 0 Å². The zero-order valence-corrected chi connectivity index (χ0v) is 13.3. The Bertz CT molecular complexity index is 239. The summed E-state index contributed by atoms with van der Waals surface area (Å²) >= 11 is 0. The van der Waals surface area contributed by atoms with E-state index in [-0.39, 0.29) is 5.60 Å². The van der Waals surface area contributed by atoms with Gasteiger partial charge >= 0.3 is 0 Å². The van der Waals surface area contributed by atoms with Gasteiger partial charge < -0.3 is 10.1 Å². The molecule has 0 aliphatic heterocycles. The molecular formula is C16H33NO. The van der Waals surface area contributed by atoms with Crippen LogP contribution in [0.2, 0.25) is 0 Å². The van der Waals surface area contributed by atoms with Crippen LogP contribution in [0, 0.1) is 11.3 Å². The van der Waals surface area contributed by atoms with Crippen molar-refractivity contribution in [2.75, 3.05) is 13.7 Å². The summed E-state index contributed by atoms with van der Waals surface area (Å²) in [5.41, 5.74) is 0.558. The highest BCUT2D eigenvalue weighted by Gasteiger charge is 2.45. The molecule has 1 fully saturated rings. The average molecular weight is 255 g/mol. The smallest absolute Gasteiger partial charge is 0.0837 e. The molecule has 0 aromatic carbocycles. The average Bonchev–Trinajstić information content (AvgIpc) is 2.34. The lowest BCUT2D eigenvalue weighted by Gasteiger charge is -2.49. The van der Waals surface area contributed by atoms with Crippen molar-refractivity contribution < 1.29 is 4.74 Å². The standard InChI is InChI=1S/C16H33NO/c1-7-13(3)14(17-6)16(18-8-2)11-9-15(4,5)10-12-16/h13-14,17H,7-12H2,1-6H3. The molecule has 0 aromatic rings. The highest BCUT2D eigenvalue weighted by Crippen LogP contribution is 2.45. The molecule has 2 heteroatoms. The number of ether oxygens (including phenoxy) is 1. The van der Waals surface area contributed by atoms with E-state index < -0.39 is 0 Å². The Kier molecular flexibility index (Phi) is 5.67. The van der Waals surface area contributed by atoms with E-state index >= 15 is 0 Å². The Morgan fingerprint density at radius 1 is 1.11 bits per heavy atom. The highest BCUT2D eigenvalue weighted by atomic mass is 16.5. The van der Waals surface area contributed by atoms with Gasteiger partial charge in [0.15, 0.2) is 0 Å².